The van der Waals surface area contributed by atoms with Crippen LogP contribution in [0, 0.1) is 6.92 Å². The Hall–Kier alpha value is -2.17. The predicted molar refractivity (Wildman–Crippen MR) is 90.4 cm³/mol. The number of piperidine rings is 1. The lowest BCUT2D eigenvalue weighted by Gasteiger charge is -2.34. The van der Waals surface area contributed by atoms with Crippen LogP contribution in [0.2, 0.25) is 0 Å². The number of aryl methyl sites for hydroxylation is 1. The quantitative estimate of drug-likeness (QED) is 0.843. The molecule has 1 aromatic carbocycles. The first-order valence-electron chi connectivity index (χ1n) is 8.34. The van der Waals surface area contributed by atoms with E-state index in [9.17, 15) is 9.59 Å². The molecule has 0 aliphatic carbocycles. The van der Waals surface area contributed by atoms with E-state index in [1.165, 1.54) is 11.4 Å². The van der Waals surface area contributed by atoms with Gasteiger partial charge in [0.05, 0.1) is 5.69 Å². The molecule has 2 amide bonds. The average Bonchev–Trinajstić information content (AvgIpc) is 2.55. The topological polar surface area (TPSA) is 53.0 Å². The number of carbonyl (C=O) groups excluding carboxylic acids is 2. The molecule has 1 aromatic rings. The molecule has 1 saturated heterocycles. The number of amides is 2. The maximum atomic E-state index is 12.8. The molecular formula is C18H23N3O2. The van der Waals surface area contributed by atoms with Crippen molar-refractivity contribution in [3.05, 3.63) is 29.8 Å². The Morgan fingerprint density at radius 1 is 1.26 bits per heavy atom. The van der Waals surface area contributed by atoms with Crippen LogP contribution in [0.25, 0.3) is 0 Å². The molecule has 0 saturated carbocycles. The fraction of sp³-hybridized carbons (Fsp3) is 0.500. The van der Waals surface area contributed by atoms with Crippen LogP contribution in [0.4, 0.5) is 5.69 Å². The smallest absolute Gasteiger partial charge is 0.270 e. The highest BCUT2D eigenvalue weighted by molar-refractivity contribution is 6.40. The third kappa shape index (κ3) is 3.28. The van der Waals surface area contributed by atoms with Crippen molar-refractivity contribution in [1.82, 2.24) is 4.90 Å². The lowest BCUT2D eigenvalue weighted by molar-refractivity contribution is -0.127. The Kier molecular flexibility index (Phi) is 4.46. The third-order valence-electron chi connectivity index (χ3n) is 4.59. The zero-order valence-electron chi connectivity index (χ0n) is 13.8. The molecule has 3 rings (SSSR count). The molecule has 1 atom stereocenters. The lowest BCUT2D eigenvalue weighted by atomic mass is 10.0. The van der Waals surface area contributed by atoms with Crippen molar-refractivity contribution in [3.63, 3.8) is 0 Å². The fourth-order valence-electron chi connectivity index (χ4n) is 3.23. The molecule has 2 aliphatic rings. The van der Waals surface area contributed by atoms with E-state index in [2.05, 4.69) is 12.0 Å². The molecule has 122 valence electrons. The van der Waals surface area contributed by atoms with Crippen LogP contribution in [0.1, 0.15) is 44.6 Å². The van der Waals surface area contributed by atoms with E-state index in [0.717, 1.165) is 30.6 Å². The minimum atomic E-state index is -0.0566. The van der Waals surface area contributed by atoms with Gasteiger partial charge in [-0.25, -0.2) is 5.01 Å². The normalized spacial score (nSPS) is 22.1. The standard InChI is InChI=1S/C18H23N3O2/c1-13-6-5-8-15(12-13)21-17(22)10-9-16(19-21)18(23)20-11-4-3-7-14(20)2/h5-6,8,12,14H,3-4,7,9-11H2,1-2H3. The number of hydrogen-bond donors (Lipinski definition) is 0. The molecule has 5 nitrogen and oxygen atoms in total. The van der Waals surface area contributed by atoms with Gasteiger partial charge in [-0.2, -0.15) is 5.10 Å². The van der Waals surface area contributed by atoms with E-state index in [4.69, 9.17) is 0 Å². The van der Waals surface area contributed by atoms with Crippen LogP contribution in [-0.2, 0) is 9.59 Å². The number of anilines is 1. The van der Waals surface area contributed by atoms with E-state index in [1.807, 2.05) is 36.1 Å². The molecule has 5 heteroatoms. The summed E-state index contributed by atoms with van der Waals surface area (Å²) in [6.07, 6.45) is 4.03. The van der Waals surface area contributed by atoms with Gasteiger partial charge in [-0.3, -0.25) is 9.59 Å². The van der Waals surface area contributed by atoms with E-state index < -0.39 is 0 Å². The number of likely N-dealkylation sites (tertiary alicyclic amines) is 1. The summed E-state index contributed by atoms with van der Waals surface area (Å²) in [6, 6.07) is 7.90. The van der Waals surface area contributed by atoms with E-state index >= 15 is 0 Å². The van der Waals surface area contributed by atoms with Gasteiger partial charge in [0, 0.05) is 25.4 Å². The molecule has 0 bridgehead atoms. The second kappa shape index (κ2) is 6.52. The maximum Gasteiger partial charge on any atom is 0.270 e. The number of carbonyl (C=O) groups is 2. The minimum absolute atomic E-state index is 0.0117. The molecule has 23 heavy (non-hydrogen) atoms. The monoisotopic (exact) mass is 313 g/mol. The Balaban J connectivity index is 1.86. The Labute approximate surface area is 137 Å². The van der Waals surface area contributed by atoms with Crippen molar-refractivity contribution < 1.29 is 9.59 Å². The molecule has 0 aromatic heterocycles. The summed E-state index contributed by atoms with van der Waals surface area (Å²) < 4.78 is 0. The lowest BCUT2D eigenvalue weighted by Crippen LogP contribution is -2.47. The van der Waals surface area contributed by atoms with Crippen molar-refractivity contribution in [2.45, 2.75) is 52.0 Å². The van der Waals surface area contributed by atoms with Crippen LogP contribution in [0.5, 0.6) is 0 Å². The second-order valence-electron chi connectivity index (χ2n) is 6.43. The number of hydrogen-bond acceptors (Lipinski definition) is 3. The molecule has 1 fully saturated rings. The first-order valence-corrected chi connectivity index (χ1v) is 8.34. The Morgan fingerprint density at radius 3 is 2.83 bits per heavy atom. The summed E-state index contributed by atoms with van der Waals surface area (Å²) in [4.78, 5) is 26.9. The van der Waals surface area contributed by atoms with Gasteiger partial charge in [0.1, 0.15) is 5.71 Å². The maximum absolute atomic E-state index is 12.8. The van der Waals surface area contributed by atoms with Gasteiger partial charge in [0.15, 0.2) is 0 Å². The number of hydrazone groups is 1. The van der Waals surface area contributed by atoms with Crippen molar-refractivity contribution >= 4 is 23.2 Å². The highest BCUT2D eigenvalue weighted by atomic mass is 16.2. The molecule has 0 radical (unpaired) electrons. The van der Waals surface area contributed by atoms with Gasteiger partial charge in [-0.15, -0.1) is 0 Å². The molecule has 2 aliphatic heterocycles. The van der Waals surface area contributed by atoms with Gasteiger partial charge in [-0.1, -0.05) is 12.1 Å². The highest BCUT2D eigenvalue weighted by Crippen LogP contribution is 2.23. The second-order valence-corrected chi connectivity index (χ2v) is 6.43. The molecular weight excluding hydrogens is 290 g/mol. The van der Waals surface area contributed by atoms with Gasteiger partial charge < -0.3 is 4.90 Å². The van der Waals surface area contributed by atoms with Crippen LogP contribution in [0.15, 0.2) is 29.4 Å². The largest absolute Gasteiger partial charge is 0.335 e. The zero-order valence-corrected chi connectivity index (χ0v) is 13.8. The molecule has 1 unspecified atom stereocenters. The summed E-state index contributed by atoms with van der Waals surface area (Å²) in [5, 5.41) is 5.78. The highest BCUT2D eigenvalue weighted by Gasteiger charge is 2.31. The Morgan fingerprint density at radius 2 is 2.09 bits per heavy atom. The van der Waals surface area contributed by atoms with Crippen molar-refractivity contribution in [3.8, 4) is 0 Å². The van der Waals surface area contributed by atoms with Gasteiger partial charge in [-0.05, 0) is 50.8 Å². The van der Waals surface area contributed by atoms with Crippen molar-refractivity contribution in [2.24, 2.45) is 5.10 Å². The minimum Gasteiger partial charge on any atom is -0.335 e. The van der Waals surface area contributed by atoms with Crippen molar-refractivity contribution in [1.29, 1.82) is 0 Å². The first-order chi connectivity index (χ1) is 11.1. The zero-order chi connectivity index (χ0) is 16.4. The summed E-state index contributed by atoms with van der Waals surface area (Å²) in [7, 11) is 0. The SMILES string of the molecule is Cc1cccc(N2N=C(C(=O)N3CCCCC3C)CCC2=O)c1. The van der Waals surface area contributed by atoms with Gasteiger partial charge in [0.25, 0.3) is 5.91 Å². The molecule has 2 heterocycles. The number of benzene rings is 1. The third-order valence-corrected chi connectivity index (χ3v) is 4.59. The summed E-state index contributed by atoms with van der Waals surface area (Å²) in [6.45, 7) is 4.85. The van der Waals surface area contributed by atoms with Crippen LogP contribution >= 0.6 is 0 Å². The van der Waals surface area contributed by atoms with Crippen LogP contribution < -0.4 is 5.01 Å². The van der Waals surface area contributed by atoms with E-state index in [0.29, 0.717) is 18.6 Å². The van der Waals surface area contributed by atoms with E-state index in [-0.39, 0.29) is 17.9 Å². The number of nitrogens with zero attached hydrogens (tertiary/aromatic N) is 3. The molecule has 0 N–H and O–H groups in total. The van der Waals surface area contributed by atoms with E-state index in [1.54, 1.807) is 0 Å². The summed E-state index contributed by atoms with van der Waals surface area (Å²) in [5.74, 6) is -0.0683. The van der Waals surface area contributed by atoms with Gasteiger partial charge in [0.2, 0.25) is 5.91 Å². The summed E-state index contributed by atoms with van der Waals surface area (Å²) in [5.41, 5.74) is 2.29. The fourth-order valence-corrected chi connectivity index (χ4v) is 3.23. The predicted octanol–water partition coefficient (Wildman–Crippen LogP) is 2.88. The van der Waals surface area contributed by atoms with Gasteiger partial charge >= 0.3 is 0 Å². The number of rotatable bonds is 2. The van der Waals surface area contributed by atoms with Crippen LogP contribution in [-0.4, -0.2) is 35.0 Å². The Bertz CT molecular complexity index is 653. The summed E-state index contributed by atoms with van der Waals surface area (Å²) >= 11 is 0. The van der Waals surface area contributed by atoms with Crippen molar-refractivity contribution in [2.75, 3.05) is 11.6 Å². The molecule has 0 spiro atoms. The average molecular weight is 313 g/mol. The van der Waals surface area contributed by atoms with Crippen LogP contribution in [0.3, 0.4) is 0 Å². The first kappa shape index (κ1) is 15.7.